The number of nitrogens with one attached hydrogen (secondary N) is 1. The van der Waals surface area contributed by atoms with Crippen LogP contribution in [0.1, 0.15) is 22.5 Å². The highest BCUT2D eigenvalue weighted by atomic mass is 35.5. The van der Waals surface area contributed by atoms with Crippen molar-refractivity contribution < 1.29 is 9.50 Å². The molecule has 2 heterocycles. The molecule has 0 spiro atoms. The van der Waals surface area contributed by atoms with Gasteiger partial charge in [-0.1, -0.05) is 17.7 Å². The fourth-order valence-electron chi connectivity index (χ4n) is 3.20. The van der Waals surface area contributed by atoms with Gasteiger partial charge in [0, 0.05) is 41.8 Å². The number of nitrogens with zero attached hydrogens (tertiary/aromatic N) is 2. The Morgan fingerprint density at radius 3 is 2.87 bits per heavy atom. The van der Waals surface area contributed by atoms with Crippen LogP contribution in [-0.4, -0.2) is 39.4 Å². The minimum Gasteiger partial charge on any atom is -0.391 e. The zero-order chi connectivity index (χ0) is 16.6. The van der Waals surface area contributed by atoms with E-state index in [-0.39, 0.29) is 11.7 Å². The first-order valence-corrected chi connectivity index (χ1v) is 8.16. The lowest BCUT2D eigenvalue weighted by Gasteiger charge is -2.17. The van der Waals surface area contributed by atoms with Crippen molar-refractivity contribution in [2.75, 3.05) is 13.1 Å². The normalized spacial score (nSPS) is 22.0. The molecule has 0 radical (unpaired) electrons. The highest BCUT2D eigenvalue weighted by Gasteiger charge is 2.32. The molecule has 0 bridgehead atoms. The number of halogens is 2. The van der Waals surface area contributed by atoms with E-state index in [2.05, 4.69) is 15.1 Å². The molecule has 1 aromatic heterocycles. The van der Waals surface area contributed by atoms with E-state index >= 15 is 0 Å². The number of aryl methyl sites for hydroxylation is 2. The molecule has 4 nitrogen and oxygen atoms in total. The maximum Gasteiger partial charge on any atom is 0.132 e. The van der Waals surface area contributed by atoms with Gasteiger partial charge in [-0.3, -0.25) is 10.00 Å². The molecule has 1 fully saturated rings. The lowest BCUT2D eigenvalue weighted by molar-refractivity contribution is 0.140. The van der Waals surface area contributed by atoms with E-state index < -0.39 is 6.10 Å². The molecular weight excluding hydrogens is 317 g/mol. The monoisotopic (exact) mass is 337 g/mol. The van der Waals surface area contributed by atoms with Crippen LogP contribution in [0, 0.1) is 25.6 Å². The summed E-state index contributed by atoms with van der Waals surface area (Å²) in [6, 6.07) is 5.40. The summed E-state index contributed by atoms with van der Waals surface area (Å²) < 4.78 is 14.3. The van der Waals surface area contributed by atoms with Crippen molar-refractivity contribution in [2.24, 2.45) is 5.92 Å². The topological polar surface area (TPSA) is 52.1 Å². The molecule has 1 aromatic carbocycles. The van der Waals surface area contributed by atoms with Crippen LogP contribution in [0.2, 0.25) is 5.02 Å². The smallest absolute Gasteiger partial charge is 0.132 e. The first-order chi connectivity index (χ1) is 10.9. The summed E-state index contributed by atoms with van der Waals surface area (Å²) >= 11 is 6.14. The minimum atomic E-state index is -0.432. The average molecular weight is 338 g/mol. The number of aliphatic hydroxyl groups excluding tert-OH is 1. The molecule has 2 atom stereocenters. The number of likely N-dealkylation sites (tertiary alicyclic amines) is 1. The van der Waals surface area contributed by atoms with Crippen molar-refractivity contribution >= 4 is 11.6 Å². The number of H-pyrrole nitrogens is 1. The zero-order valence-corrected chi connectivity index (χ0v) is 14.1. The lowest BCUT2D eigenvalue weighted by Crippen LogP contribution is -2.22. The molecule has 6 heteroatoms. The third-order valence-corrected chi connectivity index (χ3v) is 4.83. The Balaban J connectivity index is 1.68. The molecule has 2 aromatic rings. The Morgan fingerprint density at radius 2 is 2.17 bits per heavy atom. The molecule has 2 N–H and O–H groups in total. The third kappa shape index (κ3) is 3.57. The highest BCUT2D eigenvalue weighted by molar-refractivity contribution is 6.31. The average Bonchev–Trinajstić information content (AvgIpc) is 3.06. The van der Waals surface area contributed by atoms with Crippen LogP contribution in [0.4, 0.5) is 4.39 Å². The SMILES string of the molecule is Cc1cc(C[C@@H]2CN(Cc3c(Cl)ccc(C)c3F)C[C@@H]2O)n[nH]1. The Morgan fingerprint density at radius 1 is 1.39 bits per heavy atom. The largest absolute Gasteiger partial charge is 0.391 e. The maximum atomic E-state index is 14.3. The van der Waals surface area contributed by atoms with Crippen LogP contribution in [0.5, 0.6) is 0 Å². The van der Waals surface area contributed by atoms with E-state index in [1.54, 1.807) is 19.1 Å². The summed E-state index contributed by atoms with van der Waals surface area (Å²) in [6.07, 6.45) is 0.283. The summed E-state index contributed by atoms with van der Waals surface area (Å²) in [6.45, 7) is 5.33. The van der Waals surface area contributed by atoms with Gasteiger partial charge in [-0.05, 0) is 38.0 Å². The Hall–Kier alpha value is -1.43. The number of aromatic nitrogens is 2. The summed E-state index contributed by atoms with van der Waals surface area (Å²) in [5, 5.41) is 17.9. The van der Waals surface area contributed by atoms with E-state index in [0.717, 1.165) is 11.4 Å². The van der Waals surface area contributed by atoms with Crippen molar-refractivity contribution in [3.05, 3.63) is 51.6 Å². The van der Waals surface area contributed by atoms with Crippen LogP contribution in [0.3, 0.4) is 0 Å². The highest BCUT2D eigenvalue weighted by Crippen LogP contribution is 2.27. The Kier molecular flexibility index (Phi) is 4.71. The molecule has 1 aliphatic heterocycles. The zero-order valence-electron chi connectivity index (χ0n) is 13.3. The molecule has 0 aliphatic carbocycles. The van der Waals surface area contributed by atoms with Gasteiger partial charge in [-0.25, -0.2) is 4.39 Å². The van der Waals surface area contributed by atoms with Gasteiger partial charge in [0.2, 0.25) is 0 Å². The van der Waals surface area contributed by atoms with Crippen molar-refractivity contribution in [1.82, 2.24) is 15.1 Å². The molecule has 0 unspecified atom stereocenters. The number of aromatic amines is 1. The van der Waals surface area contributed by atoms with Crippen LogP contribution >= 0.6 is 11.6 Å². The summed E-state index contributed by atoms with van der Waals surface area (Å²) in [5.41, 5.74) is 3.06. The number of hydrogen-bond donors (Lipinski definition) is 2. The number of β-amino-alcohol motifs (C(OH)–C–C–N with tert-alkyl or cyclic N) is 1. The molecular formula is C17H21ClFN3O. The lowest BCUT2D eigenvalue weighted by atomic mass is 10.0. The predicted octanol–water partition coefficient (Wildman–Crippen LogP) is 2.85. The molecule has 1 saturated heterocycles. The second-order valence-electron chi connectivity index (χ2n) is 6.42. The fraction of sp³-hybridized carbons (Fsp3) is 0.471. The van der Waals surface area contributed by atoms with Gasteiger partial charge in [0.1, 0.15) is 5.82 Å². The number of aliphatic hydroxyl groups is 1. The molecule has 0 amide bonds. The summed E-state index contributed by atoms with van der Waals surface area (Å²) in [4.78, 5) is 2.05. The maximum absolute atomic E-state index is 14.3. The van der Waals surface area contributed by atoms with Gasteiger partial charge in [-0.2, -0.15) is 5.10 Å². The van der Waals surface area contributed by atoms with Crippen molar-refractivity contribution in [3.8, 4) is 0 Å². The fourth-order valence-corrected chi connectivity index (χ4v) is 3.41. The van der Waals surface area contributed by atoms with Gasteiger partial charge >= 0.3 is 0 Å². The molecule has 124 valence electrons. The number of benzene rings is 1. The second-order valence-corrected chi connectivity index (χ2v) is 6.83. The van der Waals surface area contributed by atoms with Crippen LogP contribution in [0.25, 0.3) is 0 Å². The Labute approximate surface area is 140 Å². The Bertz CT molecular complexity index is 703. The van der Waals surface area contributed by atoms with E-state index in [9.17, 15) is 9.50 Å². The van der Waals surface area contributed by atoms with Gasteiger partial charge in [0.25, 0.3) is 0 Å². The molecule has 23 heavy (non-hydrogen) atoms. The molecule has 3 rings (SSSR count). The van der Waals surface area contributed by atoms with Gasteiger partial charge in [0.05, 0.1) is 11.8 Å². The number of rotatable bonds is 4. The van der Waals surface area contributed by atoms with Crippen molar-refractivity contribution in [3.63, 3.8) is 0 Å². The van der Waals surface area contributed by atoms with Crippen LogP contribution < -0.4 is 0 Å². The van der Waals surface area contributed by atoms with E-state index in [0.29, 0.717) is 42.2 Å². The standard InChI is InChI=1S/C17H21ClFN3O/c1-10-3-4-15(18)14(17(10)19)8-22-7-12(16(23)9-22)6-13-5-11(2)20-21-13/h3-5,12,16,23H,6-9H2,1-2H3,(H,20,21)/t12-,16+/m1/s1. The van der Waals surface area contributed by atoms with Crippen LogP contribution in [0.15, 0.2) is 18.2 Å². The van der Waals surface area contributed by atoms with Crippen LogP contribution in [-0.2, 0) is 13.0 Å². The van der Waals surface area contributed by atoms with Gasteiger partial charge in [0.15, 0.2) is 0 Å². The first-order valence-electron chi connectivity index (χ1n) is 7.79. The summed E-state index contributed by atoms with van der Waals surface area (Å²) in [5.74, 6) is -0.150. The quantitative estimate of drug-likeness (QED) is 0.902. The predicted molar refractivity (Wildman–Crippen MR) is 87.9 cm³/mol. The van der Waals surface area contributed by atoms with E-state index in [1.165, 1.54) is 0 Å². The molecule has 0 saturated carbocycles. The second kappa shape index (κ2) is 6.59. The molecule has 1 aliphatic rings. The van der Waals surface area contributed by atoms with E-state index in [1.807, 2.05) is 13.0 Å². The first kappa shape index (κ1) is 16.4. The third-order valence-electron chi connectivity index (χ3n) is 4.47. The van der Waals surface area contributed by atoms with Crippen molar-refractivity contribution in [2.45, 2.75) is 32.9 Å². The number of hydrogen-bond acceptors (Lipinski definition) is 3. The van der Waals surface area contributed by atoms with Gasteiger partial charge < -0.3 is 5.11 Å². The van der Waals surface area contributed by atoms with Gasteiger partial charge in [-0.15, -0.1) is 0 Å². The van der Waals surface area contributed by atoms with E-state index in [4.69, 9.17) is 11.6 Å². The minimum absolute atomic E-state index is 0.101. The summed E-state index contributed by atoms with van der Waals surface area (Å²) in [7, 11) is 0. The van der Waals surface area contributed by atoms with Crippen molar-refractivity contribution in [1.29, 1.82) is 0 Å².